The summed E-state index contributed by atoms with van der Waals surface area (Å²) >= 11 is 1.70. The Kier molecular flexibility index (Phi) is 5.31. The highest BCUT2D eigenvalue weighted by atomic mass is 32.1. The first-order chi connectivity index (χ1) is 8.38. The third-order valence-electron chi connectivity index (χ3n) is 3.20. The summed E-state index contributed by atoms with van der Waals surface area (Å²) in [6.07, 6.45) is 0.629. The van der Waals surface area contributed by atoms with Gasteiger partial charge in [-0.1, -0.05) is 13.0 Å². The molecule has 102 valence electrons. The van der Waals surface area contributed by atoms with Gasteiger partial charge in [0.15, 0.2) is 0 Å². The van der Waals surface area contributed by atoms with Crippen LogP contribution in [0.5, 0.6) is 0 Å². The SMILES string of the molecule is CCC(C)(N)C(=O)NCC(c1cccs1)N(C)C. The van der Waals surface area contributed by atoms with E-state index in [-0.39, 0.29) is 11.9 Å². The molecule has 0 aliphatic carbocycles. The summed E-state index contributed by atoms with van der Waals surface area (Å²) < 4.78 is 0. The van der Waals surface area contributed by atoms with E-state index >= 15 is 0 Å². The summed E-state index contributed by atoms with van der Waals surface area (Å²) in [7, 11) is 4.02. The number of nitrogens with one attached hydrogen (secondary N) is 1. The van der Waals surface area contributed by atoms with Gasteiger partial charge in [-0.3, -0.25) is 4.79 Å². The maximum Gasteiger partial charge on any atom is 0.239 e. The molecular weight excluding hydrogens is 246 g/mol. The first-order valence-corrected chi connectivity index (χ1v) is 7.03. The van der Waals surface area contributed by atoms with Crippen LogP contribution in [0.15, 0.2) is 17.5 Å². The quantitative estimate of drug-likeness (QED) is 0.824. The van der Waals surface area contributed by atoms with Crippen LogP contribution in [0.3, 0.4) is 0 Å². The zero-order valence-electron chi connectivity index (χ0n) is 11.6. The molecule has 0 bridgehead atoms. The smallest absolute Gasteiger partial charge is 0.239 e. The largest absolute Gasteiger partial charge is 0.353 e. The predicted octanol–water partition coefficient (Wildman–Crippen LogP) is 1.59. The Bertz CT molecular complexity index is 374. The molecule has 0 radical (unpaired) electrons. The minimum Gasteiger partial charge on any atom is -0.353 e. The molecule has 0 aliphatic heterocycles. The molecule has 4 nitrogen and oxygen atoms in total. The lowest BCUT2D eigenvalue weighted by atomic mass is 9.99. The summed E-state index contributed by atoms with van der Waals surface area (Å²) in [6, 6.07) is 4.31. The van der Waals surface area contributed by atoms with Gasteiger partial charge in [0.25, 0.3) is 0 Å². The van der Waals surface area contributed by atoms with Crippen molar-refractivity contribution in [3.05, 3.63) is 22.4 Å². The Morgan fingerprint density at radius 2 is 2.28 bits per heavy atom. The second-order valence-corrected chi connectivity index (χ2v) is 5.96. The van der Waals surface area contributed by atoms with Crippen molar-refractivity contribution in [2.45, 2.75) is 31.8 Å². The normalized spacial score (nSPS) is 16.3. The van der Waals surface area contributed by atoms with Gasteiger partial charge in [-0.05, 0) is 38.9 Å². The number of amides is 1. The van der Waals surface area contributed by atoms with Gasteiger partial charge in [-0.2, -0.15) is 0 Å². The molecule has 1 heterocycles. The number of thiophene rings is 1. The molecule has 0 aliphatic rings. The van der Waals surface area contributed by atoms with Gasteiger partial charge >= 0.3 is 0 Å². The monoisotopic (exact) mass is 269 g/mol. The lowest BCUT2D eigenvalue weighted by Crippen LogP contribution is -2.52. The van der Waals surface area contributed by atoms with Crippen molar-refractivity contribution in [2.24, 2.45) is 5.73 Å². The van der Waals surface area contributed by atoms with Gasteiger partial charge in [-0.25, -0.2) is 0 Å². The number of hydrogen-bond donors (Lipinski definition) is 2. The van der Waals surface area contributed by atoms with E-state index in [0.29, 0.717) is 13.0 Å². The molecule has 0 fully saturated rings. The van der Waals surface area contributed by atoms with E-state index in [1.54, 1.807) is 18.3 Å². The Morgan fingerprint density at radius 1 is 1.61 bits per heavy atom. The standard InChI is InChI=1S/C13H23N3OS/c1-5-13(2,14)12(17)15-9-10(16(3)4)11-7-6-8-18-11/h6-8,10H,5,9,14H2,1-4H3,(H,15,17). The number of carbonyl (C=O) groups excluding carboxylic acids is 1. The zero-order chi connectivity index (χ0) is 13.8. The van der Waals surface area contributed by atoms with Crippen LogP contribution in [0.4, 0.5) is 0 Å². The van der Waals surface area contributed by atoms with Crippen molar-refractivity contribution in [3.8, 4) is 0 Å². The average molecular weight is 269 g/mol. The topological polar surface area (TPSA) is 58.4 Å². The van der Waals surface area contributed by atoms with Crippen LogP contribution >= 0.6 is 11.3 Å². The second kappa shape index (κ2) is 6.31. The van der Waals surface area contributed by atoms with Crippen molar-refractivity contribution in [1.29, 1.82) is 0 Å². The minimum atomic E-state index is -0.785. The summed E-state index contributed by atoms with van der Waals surface area (Å²) in [5, 5.41) is 4.99. The fourth-order valence-electron chi connectivity index (χ4n) is 1.57. The highest BCUT2D eigenvalue weighted by Crippen LogP contribution is 2.22. The molecule has 1 amide bonds. The van der Waals surface area contributed by atoms with Gasteiger partial charge in [-0.15, -0.1) is 11.3 Å². The average Bonchev–Trinajstić information content (AvgIpc) is 2.82. The van der Waals surface area contributed by atoms with Crippen molar-refractivity contribution in [1.82, 2.24) is 10.2 Å². The molecule has 0 saturated heterocycles. The minimum absolute atomic E-state index is 0.0894. The van der Waals surface area contributed by atoms with Crippen LogP contribution < -0.4 is 11.1 Å². The van der Waals surface area contributed by atoms with Crippen LogP contribution in [-0.2, 0) is 4.79 Å². The van der Waals surface area contributed by atoms with E-state index in [1.807, 2.05) is 32.5 Å². The van der Waals surface area contributed by atoms with Gasteiger partial charge in [0.05, 0.1) is 11.6 Å². The molecule has 2 unspecified atom stereocenters. The van der Waals surface area contributed by atoms with E-state index < -0.39 is 5.54 Å². The molecule has 5 heteroatoms. The molecule has 2 atom stereocenters. The molecular formula is C13H23N3OS. The second-order valence-electron chi connectivity index (χ2n) is 4.98. The van der Waals surface area contributed by atoms with Gasteiger partial charge in [0, 0.05) is 11.4 Å². The Balaban J connectivity index is 2.62. The number of nitrogens with zero attached hydrogens (tertiary/aromatic N) is 1. The summed E-state index contributed by atoms with van der Waals surface area (Å²) in [6.45, 7) is 4.26. The molecule has 18 heavy (non-hydrogen) atoms. The fraction of sp³-hybridized carbons (Fsp3) is 0.615. The third-order valence-corrected chi connectivity index (χ3v) is 4.18. The third kappa shape index (κ3) is 3.80. The van der Waals surface area contributed by atoms with Gasteiger partial charge in [0.2, 0.25) is 5.91 Å². The van der Waals surface area contributed by atoms with Gasteiger partial charge in [0.1, 0.15) is 0 Å². The van der Waals surface area contributed by atoms with Crippen molar-refractivity contribution in [3.63, 3.8) is 0 Å². The number of likely N-dealkylation sites (N-methyl/N-ethyl adjacent to an activating group) is 1. The van der Waals surface area contributed by atoms with Crippen molar-refractivity contribution in [2.75, 3.05) is 20.6 Å². The fourth-order valence-corrected chi connectivity index (χ4v) is 2.49. The first kappa shape index (κ1) is 15.1. The summed E-state index contributed by atoms with van der Waals surface area (Å²) in [5.74, 6) is -0.0894. The van der Waals surface area contributed by atoms with E-state index in [0.717, 1.165) is 0 Å². The highest BCUT2D eigenvalue weighted by molar-refractivity contribution is 7.10. The van der Waals surface area contributed by atoms with Crippen molar-refractivity contribution >= 4 is 17.2 Å². The Morgan fingerprint density at radius 3 is 2.72 bits per heavy atom. The predicted molar refractivity (Wildman–Crippen MR) is 76.6 cm³/mol. The van der Waals surface area contributed by atoms with Crippen LogP contribution in [0.2, 0.25) is 0 Å². The lowest BCUT2D eigenvalue weighted by Gasteiger charge is -2.27. The number of carbonyl (C=O) groups is 1. The van der Waals surface area contributed by atoms with Crippen LogP contribution in [0.1, 0.15) is 31.2 Å². The maximum absolute atomic E-state index is 11.9. The van der Waals surface area contributed by atoms with E-state index in [1.165, 1.54) is 4.88 Å². The van der Waals surface area contributed by atoms with E-state index in [4.69, 9.17) is 5.73 Å². The number of hydrogen-bond acceptors (Lipinski definition) is 4. The molecule has 1 aromatic heterocycles. The van der Waals surface area contributed by atoms with Crippen molar-refractivity contribution < 1.29 is 4.79 Å². The molecule has 0 aromatic carbocycles. The van der Waals surface area contributed by atoms with Crippen LogP contribution in [0.25, 0.3) is 0 Å². The molecule has 3 N–H and O–H groups in total. The van der Waals surface area contributed by atoms with Crippen LogP contribution in [-0.4, -0.2) is 37.0 Å². The van der Waals surface area contributed by atoms with Crippen LogP contribution in [0, 0.1) is 0 Å². The summed E-state index contributed by atoms with van der Waals surface area (Å²) in [4.78, 5) is 15.3. The molecule has 1 rings (SSSR count). The maximum atomic E-state index is 11.9. The number of nitrogens with two attached hydrogens (primary N) is 1. The van der Waals surface area contributed by atoms with Gasteiger partial charge < -0.3 is 16.0 Å². The molecule has 0 spiro atoms. The highest BCUT2D eigenvalue weighted by Gasteiger charge is 2.27. The Hall–Kier alpha value is -0.910. The molecule has 1 aromatic rings. The molecule has 0 saturated carbocycles. The zero-order valence-corrected chi connectivity index (χ0v) is 12.4. The number of rotatable bonds is 6. The Labute approximate surface area is 113 Å². The lowest BCUT2D eigenvalue weighted by molar-refractivity contribution is -0.126. The summed E-state index contributed by atoms with van der Waals surface area (Å²) in [5.41, 5.74) is 5.13. The van der Waals surface area contributed by atoms with E-state index in [9.17, 15) is 4.79 Å². The first-order valence-electron chi connectivity index (χ1n) is 6.15. The van der Waals surface area contributed by atoms with E-state index in [2.05, 4.69) is 16.3 Å².